The van der Waals surface area contributed by atoms with Gasteiger partial charge < -0.3 is 5.32 Å². The van der Waals surface area contributed by atoms with E-state index in [0.717, 1.165) is 33.8 Å². The van der Waals surface area contributed by atoms with Gasteiger partial charge in [0.15, 0.2) is 5.65 Å². The van der Waals surface area contributed by atoms with Crippen molar-refractivity contribution in [1.82, 2.24) is 15.0 Å². The third-order valence-corrected chi connectivity index (χ3v) is 3.59. The Morgan fingerprint density at radius 3 is 2.35 bits per heavy atom. The number of nitrogens with zero attached hydrogens (tertiary/aromatic N) is 3. The largest absolute Gasteiger partial charge is 0.325 e. The molecule has 1 aromatic carbocycles. The number of hydrogen-bond acceptors (Lipinski definition) is 4. The Morgan fingerprint density at radius 2 is 1.52 bits per heavy atom. The van der Waals surface area contributed by atoms with Crippen LogP contribution in [0.3, 0.4) is 0 Å². The lowest BCUT2D eigenvalue weighted by Gasteiger charge is -2.07. The average Bonchev–Trinajstić information content (AvgIpc) is 2.63. The van der Waals surface area contributed by atoms with Crippen LogP contribution >= 0.6 is 0 Å². The first kappa shape index (κ1) is 13.4. The number of rotatable bonds is 3. The molecule has 4 nitrogen and oxygen atoms in total. The topological polar surface area (TPSA) is 50.7 Å². The van der Waals surface area contributed by atoms with E-state index in [1.807, 2.05) is 60.8 Å². The van der Waals surface area contributed by atoms with Crippen molar-refractivity contribution >= 4 is 22.7 Å². The lowest BCUT2D eigenvalue weighted by molar-refractivity contribution is 1.25. The van der Waals surface area contributed by atoms with Crippen LogP contribution in [0, 0.1) is 0 Å². The zero-order chi connectivity index (χ0) is 15.5. The fourth-order valence-electron chi connectivity index (χ4n) is 2.42. The number of anilines is 2. The molecule has 0 atom stereocenters. The molecule has 1 N–H and O–H groups in total. The minimum absolute atomic E-state index is 0.721. The van der Waals surface area contributed by atoms with Crippen molar-refractivity contribution in [2.24, 2.45) is 0 Å². The molecule has 0 amide bonds. The fraction of sp³-hybridized carbons (Fsp3) is 0. The highest BCUT2D eigenvalue weighted by molar-refractivity contribution is 5.77. The summed E-state index contributed by atoms with van der Waals surface area (Å²) in [5.74, 6) is 1.49. The zero-order valence-corrected chi connectivity index (χ0v) is 12.3. The standard InChI is InChI=1S/C19H14N4/c1-2-5-14(6-3-1)16-9-10-17(21-13-16)22-18-11-8-15-7-4-12-20-19(15)23-18/h1-13H,(H,20,21,22,23). The summed E-state index contributed by atoms with van der Waals surface area (Å²) >= 11 is 0. The van der Waals surface area contributed by atoms with Crippen LogP contribution in [-0.2, 0) is 0 Å². The van der Waals surface area contributed by atoms with Crippen LogP contribution in [0.15, 0.2) is 79.1 Å². The Labute approximate surface area is 133 Å². The second kappa shape index (κ2) is 5.85. The summed E-state index contributed by atoms with van der Waals surface area (Å²) in [4.78, 5) is 13.2. The number of fused-ring (bicyclic) bond motifs is 1. The molecule has 4 rings (SSSR count). The van der Waals surface area contributed by atoms with Crippen molar-refractivity contribution in [3.05, 3.63) is 79.1 Å². The van der Waals surface area contributed by atoms with Crippen molar-refractivity contribution in [1.29, 1.82) is 0 Å². The van der Waals surface area contributed by atoms with Gasteiger partial charge in [0.1, 0.15) is 11.6 Å². The van der Waals surface area contributed by atoms with Gasteiger partial charge in [-0.25, -0.2) is 15.0 Å². The highest BCUT2D eigenvalue weighted by Gasteiger charge is 2.02. The Hall–Kier alpha value is -3.27. The highest BCUT2D eigenvalue weighted by atomic mass is 15.1. The highest BCUT2D eigenvalue weighted by Crippen LogP contribution is 2.21. The van der Waals surface area contributed by atoms with Crippen LogP contribution in [-0.4, -0.2) is 15.0 Å². The minimum Gasteiger partial charge on any atom is -0.325 e. The van der Waals surface area contributed by atoms with Crippen LogP contribution < -0.4 is 5.32 Å². The van der Waals surface area contributed by atoms with Gasteiger partial charge in [0, 0.05) is 23.3 Å². The monoisotopic (exact) mass is 298 g/mol. The summed E-state index contributed by atoms with van der Waals surface area (Å²) in [5.41, 5.74) is 2.96. The molecule has 0 aliphatic carbocycles. The Morgan fingerprint density at radius 1 is 0.652 bits per heavy atom. The molecular weight excluding hydrogens is 284 g/mol. The molecule has 110 valence electrons. The molecule has 4 aromatic rings. The van der Waals surface area contributed by atoms with Crippen molar-refractivity contribution in [3.63, 3.8) is 0 Å². The second-order valence-electron chi connectivity index (χ2n) is 5.17. The van der Waals surface area contributed by atoms with E-state index < -0.39 is 0 Å². The van der Waals surface area contributed by atoms with Gasteiger partial charge in [-0.1, -0.05) is 30.3 Å². The molecular formula is C19H14N4. The van der Waals surface area contributed by atoms with Gasteiger partial charge in [0.25, 0.3) is 0 Å². The van der Waals surface area contributed by atoms with Gasteiger partial charge in [-0.2, -0.15) is 0 Å². The summed E-state index contributed by atoms with van der Waals surface area (Å²) in [6.45, 7) is 0. The molecule has 0 saturated heterocycles. The number of hydrogen-bond donors (Lipinski definition) is 1. The molecule has 0 fully saturated rings. The van der Waals surface area contributed by atoms with Crippen molar-refractivity contribution in [2.75, 3.05) is 5.32 Å². The van der Waals surface area contributed by atoms with E-state index in [1.165, 1.54) is 0 Å². The smallest absolute Gasteiger partial charge is 0.161 e. The molecule has 0 radical (unpaired) electrons. The average molecular weight is 298 g/mol. The lowest BCUT2D eigenvalue weighted by Crippen LogP contribution is -1.96. The zero-order valence-electron chi connectivity index (χ0n) is 12.3. The minimum atomic E-state index is 0.721. The summed E-state index contributed by atoms with van der Waals surface area (Å²) in [5, 5.41) is 4.23. The van der Waals surface area contributed by atoms with E-state index in [2.05, 4.69) is 32.4 Å². The van der Waals surface area contributed by atoms with Crippen LogP contribution in [0.4, 0.5) is 11.6 Å². The predicted molar refractivity (Wildman–Crippen MR) is 92.5 cm³/mol. The molecule has 3 heterocycles. The lowest BCUT2D eigenvalue weighted by atomic mass is 10.1. The maximum atomic E-state index is 4.49. The Bertz CT molecular complexity index is 934. The first-order chi connectivity index (χ1) is 11.4. The Balaban J connectivity index is 1.58. The van der Waals surface area contributed by atoms with E-state index in [0.29, 0.717) is 0 Å². The third-order valence-electron chi connectivity index (χ3n) is 3.59. The molecule has 0 aliphatic rings. The van der Waals surface area contributed by atoms with E-state index in [4.69, 9.17) is 0 Å². The molecule has 0 spiro atoms. The summed E-state index contributed by atoms with van der Waals surface area (Å²) in [7, 11) is 0. The normalized spacial score (nSPS) is 10.6. The Kier molecular flexibility index (Phi) is 3.41. The van der Waals surface area contributed by atoms with Gasteiger partial charge in [0.2, 0.25) is 0 Å². The molecule has 3 aromatic heterocycles. The van der Waals surface area contributed by atoms with Crippen molar-refractivity contribution < 1.29 is 0 Å². The van der Waals surface area contributed by atoms with E-state index in [-0.39, 0.29) is 0 Å². The second-order valence-corrected chi connectivity index (χ2v) is 5.17. The molecule has 0 saturated carbocycles. The summed E-state index contributed by atoms with van der Waals surface area (Å²) < 4.78 is 0. The molecule has 4 heteroatoms. The number of nitrogens with one attached hydrogen (secondary N) is 1. The van der Waals surface area contributed by atoms with Crippen LogP contribution in [0.5, 0.6) is 0 Å². The van der Waals surface area contributed by atoms with Crippen molar-refractivity contribution in [2.45, 2.75) is 0 Å². The van der Waals surface area contributed by atoms with Gasteiger partial charge in [0.05, 0.1) is 0 Å². The van der Waals surface area contributed by atoms with Crippen LogP contribution in [0.2, 0.25) is 0 Å². The summed E-state index contributed by atoms with van der Waals surface area (Å²) in [6.07, 6.45) is 3.60. The quantitative estimate of drug-likeness (QED) is 0.607. The first-order valence-electron chi connectivity index (χ1n) is 7.39. The number of pyridine rings is 3. The van der Waals surface area contributed by atoms with E-state index in [1.54, 1.807) is 6.20 Å². The first-order valence-corrected chi connectivity index (χ1v) is 7.39. The van der Waals surface area contributed by atoms with E-state index in [9.17, 15) is 0 Å². The van der Waals surface area contributed by atoms with Gasteiger partial charge in [-0.15, -0.1) is 0 Å². The molecule has 0 bridgehead atoms. The number of benzene rings is 1. The van der Waals surface area contributed by atoms with Gasteiger partial charge in [-0.3, -0.25) is 0 Å². The SMILES string of the molecule is c1ccc(-c2ccc(Nc3ccc4cccnc4n3)nc2)cc1. The molecule has 0 aliphatic heterocycles. The predicted octanol–water partition coefficient (Wildman–Crippen LogP) is 4.44. The maximum Gasteiger partial charge on any atom is 0.161 e. The van der Waals surface area contributed by atoms with Gasteiger partial charge >= 0.3 is 0 Å². The van der Waals surface area contributed by atoms with E-state index >= 15 is 0 Å². The number of aromatic nitrogens is 3. The summed E-state index contributed by atoms with van der Waals surface area (Å²) in [6, 6.07) is 22.0. The molecule has 0 unspecified atom stereocenters. The fourth-order valence-corrected chi connectivity index (χ4v) is 2.42. The van der Waals surface area contributed by atoms with Crippen molar-refractivity contribution in [3.8, 4) is 11.1 Å². The third kappa shape index (κ3) is 2.87. The molecule has 23 heavy (non-hydrogen) atoms. The van der Waals surface area contributed by atoms with Crippen LogP contribution in [0.1, 0.15) is 0 Å². The van der Waals surface area contributed by atoms with Gasteiger partial charge in [-0.05, 0) is 42.0 Å². The maximum absolute atomic E-state index is 4.49. The van der Waals surface area contributed by atoms with Crippen LogP contribution in [0.25, 0.3) is 22.2 Å².